The van der Waals surface area contributed by atoms with Gasteiger partial charge in [0.1, 0.15) is 5.60 Å². The fraction of sp³-hybridized carbons (Fsp3) is 0.412. The molecule has 1 unspecified atom stereocenters. The van der Waals surface area contributed by atoms with E-state index in [9.17, 15) is 18.0 Å². The molecule has 2 aromatic carbocycles. The second kappa shape index (κ2) is 13.6. The lowest BCUT2D eigenvalue weighted by atomic mass is 9.91. The number of carbonyl (C=O) groups excluding carboxylic acids is 2. The zero-order valence-electron chi connectivity index (χ0n) is 27.2. The largest absolute Gasteiger partial charge is 0.444 e. The van der Waals surface area contributed by atoms with Crippen LogP contribution in [0.2, 0.25) is 5.02 Å². The first-order chi connectivity index (χ1) is 22.9. The lowest BCUT2D eigenvalue weighted by Crippen LogP contribution is -2.55. The number of amides is 3. The van der Waals surface area contributed by atoms with Gasteiger partial charge in [0.25, 0.3) is 10.0 Å². The van der Waals surface area contributed by atoms with Crippen LogP contribution in [0.1, 0.15) is 46.5 Å². The van der Waals surface area contributed by atoms with Gasteiger partial charge >= 0.3 is 12.1 Å². The second-order valence-corrected chi connectivity index (χ2v) is 15.4. The summed E-state index contributed by atoms with van der Waals surface area (Å²) in [6, 6.07) is 15.3. The van der Waals surface area contributed by atoms with Crippen LogP contribution in [0.4, 0.5) is 15.5 Å². The number of halogens is 1. The van der Waals surface area contributed by atoms with Crippen molar-refractivity contribution < 1.29 is 22.7 Å². The fourth-order valence-corrected chi connectivity index (χ4v) is 7.77. The molecular weight excluding hydrogens is 654 g/mol. The van der Waals surface area contributed by atoms with Gasteiger partial charge in [-0.15, -0.1) is 0 Å². The first-order valence-corrected chi connectivity index (χ1v) is 17.9. The van der Waals surface area contributed by atoms with Crippen LogP contribution in [0, 0.1) is 0 Å². The van der Waals surface area contributed by atoms with Crippen molar-refractivity contribution in [3.8, 4) is 11.3 Å². The molecule has 14 heteroatoms. The Hall–Kier alpha value is -4.36. The number of hydrogen-bond acceptors (Lipinski definition) is 8. The van der Waals surface area contributed by atoms with Gasteiger partial charge in [0.15, 0.2) is 0 Å². The molecule has 0 spiro atoms. The maximum Gasteiger partial charge on any atom is 0.410 e. The summed E-state index contributed by atoms with van der Waals surface area (Å²) in [5.41, 5.74) is 0.930. The van der Waals surface area contributed by atoms with Gasteiger partial charge in [0.05, 0.1) is 27.3 Å². The molecular formula is C34H40ClN7O5S. The van der Waals surface area contributed by atoms with Crippen molar-refractivity contribution in [1.29, 1.82) is 0 Å². The van der Waals surface area contributed by atoms with Crippen LogP contribution in [0.3, 0.4) is 0 Å². The number of para-hydroxylation sites is 1. The average Bonchev–Trinajstić information content (AvgIpc) is 3.46. The Kier molecular flexibility index (Phi) is 9.53. The number of ether oxygens (including phenoxy) is 1. The number of anilines is 1. The summed E-state index contributed by atoms with van der Waals surface area (Å²) in [6.45, 7) is 7.21. The summed E-state index contributed by atoms with van der Waals surface area (Å²) in [7, 11) is -3.88. The SMILES string of the molecule is CC(C)(C)OC(=O)N1CCN(C(=O)NC2CCC[C@@H](Nc3ncc(Cl)c(-c4cn(S(=O)(=O)c5ccccc5)c5ccccc45)n3)C2)CC1. The third-order valence-electron chi connectivity index (χ3n) is 8.53. The van der Waals surface area contributed by atoms with Crippen molar-refractivity contribution in [2.24, 2.45) is 0 Å². The molecule has 48 heavy (non-hydrogen) atoms. The summed E-state index contributed by atoms with van der Waals surface area (Å²) in [5, 5.41) is 7.58. The molecule has 2 aromatic heterocycles. The van der Waals surface area contributed by atoms with E-state index < -0.39 is 15.6 Å². The molecule has 6 rings (SSSR count). The van der Waals surface area contributed by atoms with Crippen molar-refractivity contribution in [3.63, 3.8) is 0 Å². The quantitative estimate of drug-likeness (QED) is 0.252. The number of hydrogen-bond donors (Lipinski definition) is 2. The van der Waals surface area contributed by atoms with Crippen LogP contribution < -0.4 is 10.6 Å². The van der Waals surface area contributed by atoms with Crippen LogP contribution in [0.25, 0.3) is 22.2 Å². The number of nitrogens with zero attached hydrogens (tertiary/aromatic N) is 5. The smallest absolute Gasteiger partial charge is 0.410 e. The molecule has 3 heterocycles. The minimum Gasteiger partial charge on any atom is -0.444 e. The molecule has 1 saturated carbocycles. The first kappa shape index (κ1) is 33.5. The highest BCUT2D eigenvalue weighted by atomic mass is 35.5. The van der Waals surface area contributed by atoms with E-state index in [4.69, 9.17) is 21.3 Å². The van der Waals surface area contributed by atoms with Crippen LogP contribution in [0.15, 0.2) is 71.9 Å². The van der Waals surface area contributed by atoms with Gasteiger partial charge in [-0.2, -0.15) is 0 Å². The molecule has 2 aliphatic rings. The number of nitrogens with one attached hydrogen (secondary N) is 2. The van der Waals surface area contributed by atoms with Crippen LogP contribution in [0.5, 0.6) is 0 Å². The Balaban J connectivity index is 1.13. The number of urea groups is 1. The third-order valence-corrected chi connectivity index (χ3v) is 10.5. The monoisotopic (exact) mass is 693 g/mol. The lowest BCUT2D eigenvalue weighted by Gasteiger charge is -2.37. The molecule has 2 fully saturated rings. The number of rotatable bonds is 6. The predicted octanol–water partition coefficient (Wildman–Crippen LogP) is 5.97. The van der Waals surface area contributed by atoms with E-state index in [1.807, 2.05) is 32.9 Å². The van der Waals surface area contributed by atoms with E-state index in [0.717, 1.165) is 19.3 Å². The van der Waals surface area contributed by atoms with Crippen molar-refractivity contribution in [2.75, 3.05) is 31.5 Å². The van der Waals surface area contributed by atoms with Crippen molar-refractivity contribution in [1.82, 2.24) is 29.1 Å². The van der Waals surface area contributed by atoms with E-state index in [1.54, 1.807) is 58.5 Å². The van der Waals surface area contributed by atoms with Crippen molar-refractivity contribution in [2.45, 2.75) is 69.0 Å². The molecule has 1 aliphatic heterocycles. The van der Waals surface area contributed by atoms with E-state index in [0.29, 0.717) is 65.7 Å². The highest BCUT2D eigenvalue weighted by molar-refractivity contribution is 7.90. The molecule has 2 N–H and O–H groups in total. The Labute approximate surface area is 285 Å². The molecule has 3 amide bonds. The summed E-state index contributed by atoms with van der Waals surface area (Å²) in [4.78, 5) is 38.3. The number of piperazine rings is 1. The van der Waals surface area contributed by atoms with Crippen LogP contribution >= 0.6 is 11.6 Å². The Morgan fingerprint density at radius 3 is 2.33 bits per heavy atom. The first-order valence-electron chi connectivity index (χ1n) is 16.1. The van der Waals surface area contributed by atoms with E-state index in [2.05, 4.69) is 15.6 Å². The molecule has 2 atom stereocenters. The minimum absolute atomic E-state index is 0.00175. The zero-order valence-corrected chi connectivity index (χ0v) is 28.8. The fourth-order valence-electron chi connectivity index (χ4n) is 6.19. The van der Waals surface area contributed by atoms with E-state index >= 15 is 0 Å². The molecule has 0 radical (unpaired) electrons. The van der Waals surface area contributed by atoms with Gasteiger partial charge in [-0.25, -0.2) is 31.9 Å². The highest BCUT2D eigenvalue weighted by Gasteiger charge is 2.30. The third kappa shape index (κ3) is 7.36. The lowest BCUT2D eigenvalue weighted by molar-refractivity contribution is 0.0168. The molecule has 12 nitrogen and oxygen atoms in total. The second-order valence-electron chi connectivity index (χ2n) is 13.2. The molecule has 1 aliphatic carbocycles. The summed E-state index contributed by atoms with van der Waals surface area (Å²) in [5.74, 6) is 0.368. The normalized spacial score (nSPS) is 18.8. The average molecular weight is 694 g/mol. The summed E-state index contributed by atoms with van der Waals surface area (Å²) in [6.07, 6.45) is 6.02. The maximum atomic E-state index is 13.6. The predicted molar refractivity (Wildman–Crippen MR) is 185 cm³/mol. The van der Waals surface area contributed by atoms with Crippen molar-refractivity contribution >= 4 is 50.6 Å². The van der Waals surface area contributed by atoms with Gasteiger partial charge in [0.2, 0.25) is 5.95 Å². The van der Waals surface area contributed by atoms with E-state index in [-0.39, 0.29) is 29.1 Å². The Bertz CT molecular complexity index is 1900. The molecule has 4 aromatic rings. The van der Waals surface area contributed by atoms with Crippen LogP contribution in [-0.4, -0.2) is 88.1 Å². The Morgan fingerprint density at radius 2 is 1.60 bits per heavy atom. The van der Waals surface area contributed by atoms with Crippen LogP contribution in [-0.2, 0) is 14.8 Å². The van der Waals surface area contributed by atoms with Gasteiger partial charge in [-0.1, -0.05) is 48.0 Å². The van der Waals surface area contributed by atoms with Gasteiger partial charge in [-0.3, -0.25) is 0 Å². The number of benzene rings is 2. The van der Waals surface area contributed by atoms with Gasteiger partial charge in [-0.05, 0) is 64.7 Å². The van der Waals surface area contributed by atoms with Crippen molar-refractivity contribution in [3.05, 3.63) is 72.0 Å². The van der Waals surface area contributed by atoms with Gasteiger partial charge in [0, 0.05) is 55.4 Å². The topological polar surface area (TPSA) is 139 Å². The number of fused-ring (bicyclic) bond motifs is 1. The maximum absolute atomic E-state index is 13.6. The van der Waals surface area contributed by atoms with Gasteiger partial charge < -0.3 is 25.2 Å². The zero-order chi connectivity index (χ0) is 34.1. The number of aromatic nitrogens is 3. The highest BCUT2D eigenvalue weighted by Crippen LogP contribution is 2.36. The summed E-state index contributed by atoms with van der Waals surface area (Å²) >= 11 is 6.63. The summed E-state index contributed by atoms with van der Waals surface area (Å²) < 4.78 is 34.0. The molecule has 1 saturated heterocycles. The molecule has 0 bridgehead atoms. The standard InChI is InChI=1S/C34H40ClN7O5S/c1-34(2,3)47-33(44)41-18-16-40(17-19-41)32(43)38-24-11-9-10-23(20-24)37-31-36-21-28(35)30(39-31)27-22-42(29-15-8-7-14-26(27)29)48(45,46)25-12-5-4-6-13-25/h4-8,12-15,21-24H,9-11,16-20H2,1-3H3,(H,38,43)(H,36,37,39)/t23-,24?/m1/s1. The number of carbonyl (C=O) groups is 2. The Morgan fingerprint density at radius 1 is 0.938 bits per heavy atom. The minimum atomic E-state index is -3.88. The molecule has 254 valence electrons. The van der Waals surface area contributed by atoms with E-state index in [1.165, 1.54) is 10.2 Å².